The number of nitrogens with one attached hydrogen (secondary N) is 1. The first-order chi connectivity index (χ1) is 18.8. The van der Waals surface area contributed by atoms with Crippen LogP contribution in [0.3, 0.4) is 0 Å². The van der Waals surface area contributed by atoms with Gasteiger partial charge in [0.1, 0.15) is 18.3 Å². The summed E-state index contributed by atoms with van der Waals surface area (Å²) in [5.74, 6) is -0.998. The fourth-order valence-electron chi connectivity index (χ4n) is 6.15. The molecule has 1 aromatic carbocycles. The Balaban J connectivity index is 1.44. The standard InChI is InChI=1S/C31H42N2O6/c1-3-25(34)15-7-8-16-26(35)21-24-17-18-27-28(29(36)38-20-10-14-23-12-5-4-6-13-23)31(32-30(37)33(24)27)19-9-11-22(2)39-31/h4-7,10,12-15,22,24-25,27-28,34H,3,8-9,11,16-21H2,1-2H3,(H,32,37)/t22-,24+,25+,27-,28?,31-/m1/s1. The summed E-state index contributed by atoms with van der Waals surface area (Å²) < 4.78 is 12.1. The number of allylic oxidation sites excluding steroid dienone is 1. The monoisotopic (exact) mass is 538 g/mol. The predicted molar refractivity (Wildman–Crippen MR) is 149 cm³/mol. The van der Waals surface area contributed by atoms with Gasteiger partial charge in [-0.25, -0.2) is 4.79 Å². The van der Waals surface area contributed by atoms with Gasteiger partial charge in [-0.1, -0.05) is 55.5 Å². The lowest BCUT2D eigenvalue weighted by Crippen LogP contribution is -2.72. The van der Waals surface area contributed by atoms with Crippen LogP contribution in [-0.4, -0.2) is 64.4 Å². The Labute approximate surface area is 231 Å². The molecule has 3 aliphatic rings. The van der Waals surface area contributed by atoms with E-state index in [0.717, 1.165) is 18.4 Å². The highest BCUT2D eigenvalue weighted by atomic mass is 16.6. The van der Waals surface area contributed by atoms with Crippen LogP contribution in [0, 0.1) is 5.92 Å². The number of aliphatic hydroxyl groups is 1. The molecule has 3 heterocycles. The second-order valence-corrected chi connectivity index (χ2v) is 11.0. The molecule has 8 nitrogen and oxygen atoms in total. The van der Waals surface area contributed by atoms with Gasteiger partial charge in [-0.3, -0.25) is 9.59 Å². The summed E-state index contributed by atoms with van der Waals surface area (Å²) in [6, 6.07) is 8.88. The Bertz CT molecular complexity index is 1060. The Kier molecular flexibility index (Phi) is 9.97. The smallest absolute Gasteiger partial charge is 0.320 e. The van der Waals surface area contributed by atoms with Gasteiger partial charge in [0, 0.05) is 18.9 Å². The van der Waals surface area contributed by atoms with Crippen LogP contribution in [-0.2, 0) is 19.1 Å². The van der Waals surface area contributed by atoms with E-state index in [-0.39, 0.29) is 49.0 Å². The number of nitrogens with zero attached hydrogens (tertiary/aromatic N) is 1. The van der Waals surface area contributed by atoms with Crippen molar-refractivity contribution in [1.29, 1.82) is 0 Å². The number of fused-ring (bicyclic) bond motifs is 1. The van der Waals surface area contributed by atoms with Crippen LogP contribution in [0.4, 0.5) is 4.79 Å². The molecule has 2 N–H and O–H groups in total. The second-order valence-electron chi connectivity index (χ2n) is 11.0. The van der Waals surface area contributed by atoms with Crippen LogP contribution in [0.5, 0.6) is 0 Å². The second kappa shape index (κ2) is 13.4. The number of hydrogen-bond donors (Lipinski definition) is 2. The quantitative estimate of drug-likeness (QED) is 0.311. The highest BCUT2D eigenvalue weighted by Gasteiger charge is 2.60. The van der Waals surface area contributed by atoms with Crippen molar-refractivity contribution in [3.63, 3.8) is 0 Å². The molecular formula is C31H42N2O6. The van der Waals surface area contributed by atoms with E-state index in [1.165, 1.54) is 0 Å². The number of aliphatic hydroxyl groups excluding tert-OH is 1. The van der Waals surface area contributed by atoms with E-state index >= 15 is 0 Å². The molecule has 8 heteroatoms. The number of amides is 2. The first-order valence-electron chi connectivity index (χ1n) is 14.4. The molecule has 39 heavy (non-hydrogen) atoms. The van der Waals surface area contributed by atoms with E-state index in [2.05, 4.69) is 5.32 Å². The van der Waals surface area contributed by atoms with Crippen LogP contribution in [0.25, 0.3) is 6.08 Å². The molecule has 1 unspecified atom stereocenters. The lowest BCUT2D eigenvalue weighted by Gasteiger charge is -2.52. The normalized spacial score (nSPS) is 29.5. The van der Waals surface area contributed by atoms with Crippen molar-refractivity contribution in [2.24, 2.45) is 5.92 Å². The molecule has 1 spiro atoms. The predicted octanol–water partition coefficient (Wildman–Crippen LogP) is 4.77. The van der Waals surface area contributed by atoms with Gasteiger partial charge in [-0.15, -0.1) is 0 Å². The molecule has 4 rings (SSSR count). The van der Waals surface area contributed by atoms with E-state index in [1.807, 2.05) is 62.4 Å². The van der Waals surface area contributed by atoms with E-state index in [4.69, 9.17) is 9.47 Å². The van der Waals surface area contributed by atoms with Gasteiger partial charge in [0.05, 0.1) is 18.2 Å². The number of esters is 1. The zero-order valence-electron chi connectivity index (χ0n) is 23.1. The Morgan fingerprint density at radius 2 is 2.03 bits per heavy atom. The number of ketones is 1. The molecule has 0 saturated carbocycles. The summed E-state index contributed by atoms with van der Waals surface area (Å²) >= 11 is 0. The Hall–Kier alpha value is -2.97. The average molecular weight is 539 g/mol. The SMILES string of the molecule is CC[C@H](O)C=CCCC(=O)C[C@@H]1CC[C@@H]2C(C(=O)OCC=Cc3ccccc3)[C@]3(CCC[C@@H](C)O3)NC(=O)N12. The molecular weight excluding hydrogens is 496 g/mol. The molecule has 3 saturated heterocycles. The van der Waals surface area contributed by atoms with Gasteiger partial charge < -0.3 is 24.8 Å². The minimum atomic E-state index is -1.10. The molecule has 3 aliphatic heterocycles. The van der Waals surface area contributed by atoms with E-state index in [9.17, 15) is 19.5 Å². The van der Waals surface area contributed by atoms with Crippen molar-refractivity contribution in [3.05, 3.63) is 54.1 Å². The van der Waals surface area contributed by atoms with Gasteiger partial charge in [0.25, 0.3) is 0 Å². The summed E-state index contributed by atoms with van der Waals surface area (Å²) in [5.41, 5.74) is -0.0779. The molecule has 1 aromatic rings. The van der Waals surface area contributed by atoms with Crippen LogP contribution in [0.2, 0.25) is 0 Å². The molecule has 212 valence electrons. The van der Waals surface area contributed by atoms with Crippen LogP contribution < -0.4 is 5.32 Å². The summed E-state index contributed by atoms with van der Waals surface area (Å²) in [5, 5.41) is 12.7. The van der Waals surface area contributed by atoms with Gasteiger partial charge in [-0.2, -0.15) is 0 Å². The zero-order valence-corrected chi connectivity index (χ0v) is 23.1. The maximum atomic E-state index is 13.6. The number of hydrogen-bond acceptors (Lipinski definition) is 6. The van der Waals surface area contributed by atoms with Crippen molar-refractivity contribution in [2.45, 2.75) is 102 Å². The van der Waals surface area contributed by atoms with Crippen LogP contribution in [0.1, 0.15) is 77.2 Å². The van der Waals surface area contributed by atoms with Crippen LogP contribution in [0.15, 0.2) is 48.6 Å². The molecule has 2 amide bonds. The number of carbonyl (C=O) groups is 3. The topological polar surface area (TPSA) is 105 Å². The van der Waals surface area contributed by atoms with Gasteiger partial charge in [0.15, 0.2) is 5.72 Å². The number of Topliss-reactive ketones (excluding diaryl/α,β-unsaturated/α-hetero) is 1. The molecule has 3 fully saturated rings. The van der Waals surface area contributed by atoms with Crippen molar-refractivity contribution < 1.29 is 29.0 Å². The van der Waals surface area contributed by atoms with E-state index in [1.54, 1.807) is 11.0 Å². The maximum absolute atomic E-state index is 13.6. The van der Waals surface area contributed by atoms with Gasteiger partial charge >= 0.3 is 12.0 Å². The molecule has 0 bridgehead atoms. The molecule has 0 radical (unpaired) electrons. The maximum Gasteiger partial charge on any atom is 0.320 e. The summed E-state index contributed by atoms with van der Waals surface area (Å²) in [7, 11) is 0. The third-order valence-corrected chi connectivity index (χ3v) is 8.07. The minimum Gasteiger partial charge on any atom is -0.461 e. The Morgan fingerprint density at radius 3 is 2.77 bits per heavy atom. The van der Waals surface area contributed by atoms with Crippen LogP contribution >= 0.6 is 0 Å². The van der Waals surface area contributed by atoms with E-state index < -0.39 is 17.7 Å². The number of rotatable bonds is 11. The summed E-state index contributed by atoms with van der Waals surface area (Å²) in [6.07, 6.45) is 12.0. The summed E-state index contributed by atoms with van der Waals surface area (Å²) in [6.45, 7) is 3.99. The summed E-state index contributed by atoms with van der Waals surface area (Å²) in [4.78, 5) is 41.5. The lowest BCUT2D eigenvalue weighted by molar-refractivity contribution is -0.203. The molecule has 6 atom stereocenters. The zero-order chi connectivity index (χ0) is 27.8. The van der Waals surface area contributed by atoms with Crippen molar-refractivity contribution in [3.8, 4) is 0 Å². The Morgan fingerprint density at radius 1 is 1.23 bits per heavy atom. The number of benzene rings is 1. The minimum absolute atomic E-state index is 0.0667. The fraction of sp³-hybridized carbons (Fsp3) is 0.581. The highest BCUT2D eigenvalue weighted by Crippen LogP contribution is 2.45. The van der Waals surface area contributed by atoms with Crippen molar-refractivity contribution >= 4 is 23.9 Å². The highest BCUT2D eigenvalue weighted by molar-refractivity contribution is 5.85. The van der Waals surface area contributed by atoms with Crippen molar-refractivity contribution in [2.75, 3.05) is 6.61 Å². The number of carbonyl (C=O) groups excluding carboxylic acids is 3. The van der Waals surface area contributed by atoms with E-state index in [0.29, 0.717) is 38.5 Å². The average Bonchev–Trinajstić information content (AvgIpc) is 3.32. The third kappa shape index (κ3) is 7.17. The third-order valence-electron chi connectivity index (χ3n) is 8.07. The lowest BCUT2D eigenvalue weighted by atomic mass is 9.80. The molecule has 0 aliphatic carbocycles. The number of urea groups is 1. The van der Waals surface area contributed by atoms with Crippen molar-refractivity contribution in [1.82, 2.24) is 10.2 Å². The van der Waals surface area contributed by atoms with Gasteiger partial charge in [-0.05, 0) is 63.5 Å². The fourth-order valence-corrected chi connectivity index (χ4v) is 6.15. The molecule has 0 aromatic heterocycles. The largest absolute Gasteiger partial charge is 0.461 e. The van der Waals surface area contributed by atoms with Gasteiger partial charge in [0.2, 0.25) is 0 Å². The first-order valence-corrected chi connectivity index (χ1v) is 14.4. The number of ether oxygens (including phenoxy) is 2. The first kappa shape index (κ1) is 29.0.